The molecule has 1 aromatic carbocycles. The molecular weight excluding hydrogens is 344 g/mol. The average Bonchev–Trinajstić information content (AvgIpc) is 3.16. The van der Waals surface area contributed by atoms with Crippen molar-refractivity contribution in [2.75, 3.05) is 36.9 Å². The van der Waals surface area contributed by atoms with Gasteiger partial charge in [-0.3, -0.25) is 4.72 Å². The van der Waals surface area contributed by atoms with Crippen LogP contribution in [0.5, 0.6) is 11.5 Å². The fourth-order valence-electron chi connectivity index (χ4n) is 2.66. The third kappa shape index (κ3) is 3.76. The van der Waals surface area contributed by atoms with Gasteiger partial charge >= 0.3 is 0 Å². The van der Waals surface area contributed by atoms with Gasteiger partial charge in [0.2, 0.25) is 5.95 Å². The van der Waals surface area contributed by atoms with Crippen LogP contribution in [0.1, 0.15) is 12.8 Å². The first-order chi connectivity index (χ1) is 12.0. The zero-order valence-corrected chi connectivity index (χ0v) is 14.9. The van der Waals surface area contributed by atoms with Gasteiger partial charge in [0.1, 0.15) is 16.4 Å². The largest absolute Gasteiger partial charge is 0.497 e. The molecule has 9 heteroatoms. The Morgan fingerprint density at radius 2 is 1.76 bits per heavy atom. The van der Waals surface area contributed by atoms with Crippen LogP contribution in [0.15, 0.2) is 35.5 Å². The second kappa shape index (κ2) is 7.14. The van der Waals surface area contributed by atoms with Crippen molar-refractivity contribution in [2.45, 2.75) is 17.7 Å². The SMILES string of the molecule is COc1ccc(OC)c(S(=O)(=O)Nc2cnc(N3CCCC3)nc2)c1. The molecular formula is C16H20N4O4S. The summed E-state index contributed by atoms with van der Waals surface area (Å²) in [5.41, 5.74) is 0.285. The summed E-state index contributed by atoms with van der Waals surface area (Å²) >= 11 is 0. The number of rotatable bonds is 6. The van der Waals surface area contributed by atoms with Crippen molar-refractivity contribution < 1.29 is 17.9 Å². The van der Waals surface area contributed by atoms with Gasteiger partial charge < -0.3 is 14.4 Å². The van der Waals surface area contributed by atoms with Crippen molar-refractivity contribution >= 4 is 21.7 Å². The van der Waals surface area contributed by atoms with Crippen molar-refractivity contribution in [3.8, 4) is 11.5 Å². The molecule has 134 valence electrons. The molecule has 2 aromatic rings. The predicted octanol–water partition coefficient (Wildman–Crippen LogP) is 1.89. The van der Waals surface area contributed by atoms with Crippen molar-refractivity contribution in [1.29, 1.82) is 0 Å². The molecule has 3 rings (SSSR count). The molecule has 0 bridgehead atoms. The molecule has 1 aliphatic rings. The topological polar surface area (TPSA) is 93.6 Å². The molecule has 2 heterocycles. The standard InChI is InChI=1S/C16H20N4O4S/c1-23-13-5-6-14(24-2)15(9-13)25(21,22)19-12-10-17-16(18-11-12)20-7-3-4-8-20/h5-6,9-11,19H,3-4,7-8H2,1-2H3. The van der Waals surface area contributed by atoms with E-state index in [0.717, 1.165) is 25.9 Å². The van der Waals surface area contributed by atoms with Gasteiger partial charge in [-0.25, -0.2) is 18.4 Å². The number of methoxy groups -OCH3 is 2. The maximum absolute atomic E-state index is 12.7. The van der Waals surface area contributed by atoms with E-state index in [4.69, 9.17) is 9.47 Å². The first-order valence-corrected chi connectivity index (χ1v) is 9.33. The van der Waals surface area contributed by atoms with Gasteiger partial charge in [-0.2, -0.15) is 0 Å². The first-order valence-electron chi connectivity index (χ1n) is 7.85. The van der Waals surface area contributed by atoms with Crippen LogP contribution in [0, 0.1) is 0 Å². The van der Waals surface area contributed by atoms with E-state index in [1.165, 1.54) is 32.7 Å². The minimum atomic E-state index is -3.87. The number of ether oxygens (including phenoxy) is 2. The summed E-state index contributed by atoms with van der Waals surface area (Å²) in [5.74, 6) is 1.25. The summed E-state index contributed by atoms with van der Waals surface area (Å²) in [6.45, 7) is 1.85. The van der Waals surface area contributed by atoms with Gasteiger partial charge in [0.15, 0.2) is 0 Å². The molecule has 0 saturated carbocycles. The highest BCUT2D eigenvalue weighted by atomic mass is 32.2. The van der Waals surface area contributed by atoms with Crippen molar-refractivity contribution in [3.63, 3.8) is 0 Å². The molecule has 1 saturated heterocycles. The Hall–Kier alpha value is -2.55. The Balaban J connectivity index is 1.84. The number of sulfonamides is 1. The fraction of sp³-hybridized carbons (Fsp3) is 0.375. The van der Waals surface area contributed by atoms with Gasteiger partial charge in [-0.1, -0.05) is 0 Å². The predicted molar refractivity (Wildman–Crippen MR) is 93.8 cm³/mol. The zero-order valence-electron chi connectivity index (χ0n) is 14.1. The number of nitrogens with zero attached hydrogens (tertiary/aromatic N) is 3. The molecule has 0 unspecified atom stereocenters. The van der Waals surface area contributed by atoms with Gasteiger partial charge in [-0.05, 0) is 25.0 Å². The summed E-state index contributed by atoms with van der Waals surface area (Å²) in [4.78, 5) is 10.6. The van der Waals surface area contributed by atoms with E-state index < -0.39 is 10.0 Å². The van der Waals surface area contributed by atoms with E-state index in [0.29, 0.717) is 11.7 Å². The summed E-state index contributed by atoms with van der Waals surface area (Å²) in [6, 6.07) is 4.58. The molecule has 0 spiro atoms. The Labute approximate surface area is 146 Å². The average molecular weight is 364 g/mol. The molecule has 0 radical (unpaired) electrons. The summed E-state index contributed by atoms with van der Waals surface area (Å²) < 4.78 is 38.1. The highest BCUT2D eigenvalue weighted by Crippen LogP contribution is 2.29. The summed E-state index contributed by atoms with van der Waals surface area (Å²) in [6.07, 6.45) is 5.16. The number of nitrogens with one attached hydrogen (secondary N) is 1. The third-order valence-corrected chi connectivity index (χ3v) is 5.34. The zero-order chi connectivity index (χ0) is 17.9. The van der Waals surface area contributed by atoms with Crippen molar-refractivity contribution in [1.82, 2.24) is 9.97 Å². The quantitative estimate of drug-likeness (QED) is 0.836. The fourth-order valence-corrected chi connectivity index (χ4v) is 3.87. The highest BCUT2D eigenvalue weighted by Gasteiger charge is 2.21. The van der Waals surface area contributed by atoms with Crippen LogP contribution in [0.2, 0.25) is 0 Å². The van der Waals surface area contributed by atoms with Crippen LogP contribution >= 0.6 is 0 Å². The number of benzene rings is 1. The Morgan fingerprint density at radius 3 is 2.36 bits per heavy atom. The molecule has 1 aromatic heterocycles. The van der Waals surface area contributed by atoms with E-state index in [-0.39, 0.29) is 16.3 Å². The Kier molecular flexibility index (Phi) is 4.93. The minimum Gasteiger partial charge on any atom is -0.497 e. The lowest BCUT2D eigenvalue weighted by Gasteiger charge is -2.15. The van der Waals surface area contributed by atoms with Crippen molar-refractivity contribution in [3.05, 3.63) is 30.6 Å². The lowest BCUT2D eigenvalue weighted by atomic mass is 10.3. The van der Waals surface area contributed by atoms with Gasteiger partial charge in [-0.15, -0.1) is 0 Å². The molecule has 8 nitrogen and oxygen atoms in total. The highest BCUT2D eigenvalue weighted by molar-refractivity contribution is 7.92. The van der Waals surface area contributed by atoms with Crippen LogP contribution in [-0.2, 0) is 10.0 Å². The molecule has 0 atom stereocenters. The van der Waals surface area contributed by atoms with Gasteiger partial charge in [0, 0.05) is 19.2 Å². The van der Waals surface area contributed by atoms with E-state index in [1.54, 1.807) is 12.1 Å². The Bertz CT molecular complexity index is 834. The van der Waals surface area contributed by atoms with E-state index >= 15 is 0 Å². The molecule has 0 aliphatic carbocycles. The number of hydrogen-bond acceptors (Lipinski definition) is 7. The minimum absolute atomic E-state index is 0.0158. The monoisotopic (exact) mass is 364 g/mol. The smallest absolute Gasteiger partial charge is 0.265 e. The number of hydrogen-bond donors (Lipinski definition) is 1. The summed E-state index contributed by atoms with van der Waals surface area (Å²) in [5, 5.41) is 0. The third-order valence-electron chi connectivity index (χ3n) is 3.94. The van der Waals surface area contributed by atoms with Crippen LogP contribution in [0.25, 0.3) is 0 Å². The number of anilines is 2. The lowest BCUT2D eigenvalue weighted by molar-refractivity contribution is 0.392. The van der Waals surface area contributed by atoms with Crippen LogP contribution < -0.4 is 19.1 Å². The first kappa shape index (κ1) is 17.3. The van der Waals surface area contributed by atoms with E-state index in [1.807, 2.05) is 0 Å². The van der Waals surface area contributed by atoms with E-state index in [9.17, 15) is 8.42 Å². The lowest BCUT2D eigenvalue weighted by Crippen LogP contribution is -2.20. The second-order valence-electron chi connectivity index (χ2n) is 5.59. The van der Waals surface area contributed by atoms with E-state index in [2.05, 4.69) is 19.6 Å². The van der Waals surface area contributed by atoms with Crippen molar-refractivity contribution in [2.24, 2.45) is 0 Å². The Morgan fingerprint density at radius 1 is 1.08 bits per heavy atom. The normalized spacial score (nSPS) is 14.4. The maximum Gasteiger partial charge on any atom is 0.265 e. The van der Waals surface area contributed by atoms with Crippen LogP contribution in [0.4, 0.5) is 11.6 Å². The molecule has 25 heavy (non-hydrogen) atoms. The molecule has 1 fully saturated rings. The van der Waals surface area contributed by atoms with Crippen LogP contribution in [0.3, 0.4) is 0 Å². The molecule has 1 N–H and O–H groups in total. The van der Waals surface area contributed by atoms with Gasteiger partial charge in [0.25, 0.3) is 10.0 Å². The molecule has 1 aliphatic heterocycles. The van der Waals surface area contributed by atoms with Gasteiger partial charge in [0.05, 0.1) is 32.3 Å². The van der Waals surface area contributed by atoms with Crippen LogP contribution in [-0.4, -0.2) is 45.7 Å². The second-order valence-corrected chi connectivity index (χ2v) is 7.24. The molecule has 0 amide bonds. The maximum atomic E-state index is 12.7. The summed E-state index contributed by atoms with van der Waals surface area (Å²) in [7, 11) is -0.989. The number of aromatic nitrogens is 2.